The Balaban J connectivity index is 1.75. The molecule has 7 heteroatoms. The molecule has 0 aliphatic heterocycles. The number of hydrogen-bond donors (Lipinski definition) is 1. The molecule has 1 N–H and O–H groups in total. The number of aryl methyl sites for hydroxylation is 1. The molecule has 7 nitrogen and oxygen atoms in total. The number of rotatable bonds is 6. The SMILES string of the molecule is Cc1cnc(Oc2cccc(C#N)c2)c(C(=O)N[C@@H](C)c2ccc(C(=O)OC(C)(C)C)cc2)c1. The second-order valence-electron chi connectivity index (χ2n) is 8.93. The first-order chi connectivity index (χ1) is 16.1. The maximum atomic E-state index is 13.1. The summed E-state index contributed by atoms with van der Waals surface area (Å²) in [6.07, 6.45) is 1.61. The van der Waals surface area contributed by atoms with Crippen LogP contribution >= 0.6 is 0 Å². The number of carbonyl (C=O) groups excluding carboxylic acids is 2. The summed E-state index contributed by atoms with van der Waals surface area (Å²) in [5.74, 6) is -0.198. The van der Waals surface area contributed by atoms with Gasteiger partial charge in [-0.05, 0) is 82.1 Å². The highest BCUT2D eigenvalue weighted by Crippen LogP contribution is 2.25. The highest BCUT2D eigenvalue weighted by molar-refractivity contribution is 5.97. The summed E-state index contributed by atoms with van der Waals surface area (Å²) < 4.78 is 11.2. The molecule has 34 heavy (non-hydrogen) atoms. The number of nitrogens with zero attached hydrogens (tertiary/aromatic N) is 2. The maximum Gasteiger partial charge on any atom is 0.338 e. The predicted molar refractivity (Wildman–Crippen MR) is 128 cm³/mol. The molecule has 0 unspecified atom stereocenters. The number of carbonyl (C=O) groups is 2. The van der Waals surface area contributed by atoms with Crippen molar-refractivity contribution in [2.24, 2.45) is 0 Å². The number of benzene rings is 2. The molecule has 0 aliphatic rings. The van der Waals surface area contributed by atoms with E-state index in [1.165, 1.54) is 0 Å². The van der Waals surface area contributed by atoms with Crippen LogP contribution < -0.4 is 10.1 Å². The number of esters is 1. The van der Waals surface area contributed by atoms with Gasteiger partial charge < -0.3 is 14.8 Å². The first-order valence-corrected chi connectivity index (χ1v) is 10.8. The molecule has 1 atom stereocenters. The lowest BCUT2D eigenvalue weighted by molar-refractivity contribution is 0.00693. The van der Waals surface area contributed by atoms with Crippen LogP contribution in [0.3, 0.4) is 0 Å². The number of pyridine rings is 1. The molecule has 0 saturated carbocycles. The van der Waals surface area contributed by atoms with Gasteiger partial charge in [-0.15, -0.1) is 0 Å². The third kappa shape index (κ3) is 6.42. The molecule has 0 aliphatic carbocycles. The Morgan fingerprint density at radius 2 is 1.79 bits per heavy atom. The van der Waals surface area contributed by atoms with Crippen LogP contribution in [0.2, 0.25) is 0 Å². The van der Waals surface area contributed by atoms with Crippen LogP contribution in [-0.4, -0.2) is 22.5 Å². The summed E-state index contributed by atoms with van der Waals surface area (Å²) in [5.41, 5.74) is 2.21. The Bertz CT molecular complexity index is 1240. The lowest BCUT2D eigenvalue weighted by Crippen LogP contribution is -2.27. The van der Waals surface area contributed by atoms with E-state index in [1.807, 2.05) is 34.6 Å². The molecule has 3 aromatic rings. The Kier molecular flexibility index (Phi) is 7.32. The normalized spacial score (nSPS) is 11.8. The molecule has 174 valence electrons. The number of ether oxygens (including phenoxy) is 2. The number of amides is 1. The Morgan fingerprint density at radius 1 is 1.09 bits per heavy atom. The van der Waals surface area contributed by atoms with Gasteiger partial charge in [-0.25, -0.2) is 9.78 Å². The molecule has 3 rings (SSSR count). The molecule has 1 aromatic heterocycles. The fourth-order valence-electron chi connectivity index (χ4n) is 3.14. The van der Waals surface area contributed by atoms with Gasteiger partial charge in [0.05, 0.1) is 23.2 Å². The Morgan fingerprint density at radius 3 is 2.44 bits per heavy atom. The zero-order valence-corrected chi connectivity index (χ0v) is 19.9. The van der Waals surface area contributed by atoms with Crippen molar-refractivity contribution < 1.29 is 19.1 Å². The molecule has 1 amide bonds. The van der Waals surface area contributed by atoms with E-state index in [9.17, 15) is 9.59 Å². The van der Waals surface area contributed by atoms with Crippen LogP contribution in [0.1, 0.15) is 71.1 Å². The second kappa shape index (κ2) is 10.2. The molecule has 0 bridgehead atoms. The molecule has 2 aromatic carbocycles. The van der Waals surface area contributed by atoms with E-state index in [0.717, 1.165) is 11.1 Å². The Labute approximate surface area is 199 Å². The summed E-state index contributed by atoms with van der Waals surface area (Å²) in [7, 11) is 0. The highest BCUT2D eigenvalue weighted by atomic mass is 16.6. The fraction of sp³-hybridized carbons (Fsp3) is 0.259. The van der Waals surface area contributed by atoms with Crippen LogP contribution in [-0.2, 0) is 4.74 Å². The van der Waals surface area contributed by atoms with E-state index >= 15 is 0 Å². The van der Waals surface area contributed by atoms with Crippen molar-refractivity contribution in [2.45, 2.75) is 46.3 Å². The summed E-state index contributed by atoms with van der Waals surface area (Å²) in [6.45, 7) is 9.13. The van der Waals surface area contributed by atoms with Gasteiger partial charge in [0, 0.05) is 6.20 Å². The summed E-state index contributed by atoms with van der Waals surface area (Å²) in [6, 6.07) is 17.0. The van der Waals surface area contributed by atoms with Gasteiger partial charge in [0.15, 0.2) is 0 Å². The number of aromatic nitrogens is 1. The largest absolute Gasteiger partial charge is 0.456 e. The molecule has 0 radical (unpaired) electrons. The van der Waals surface area contributed by atoms with E-state index in [2.05, 4.69) is 16.4 Å². The smallest absolute Gasteiger partial charge is 0.338 e. The monoisotopic (exact) mass is 457 g/mol. The van der Waals surface area contributed by atoms with Gasteiger partial charge in [0.25, 0.3) is 5.91 Å². The van der Waals surface area contributed by atoms with Gasteiger partial charge in [-0.3, -0.25) is 4.79 Å². The zero-order valence-electron chi connectivity index (χ0n) is 19.9. The van der Waals surface area contributed by atoms with Gasteiger partial charge >= 0.3 is 5.97 Å². The minimum atomic E-state index is -0.575. The molecule has 1 heterocycles. The Hall–Kier alpha value is -4.18. The minimum absolute atomic E-state index is 0.144. The third-order valence-corrected chi connectivity index (χ3v) is 4.80. The first-order valence-electron chi connectivity index (χ1n) is 10.8. The third-order valence-electron chi connectivity index (χ3n) is 4.80. The van der Waals surface area contributed by atoms with Crippen molar-refractivity contribution in [3.63, 3.8) is 0 Å². The van der Waals surface area contributed by atoms with Crippen LogP contribution in [0.15, 0.2) is 60.8 Å². The molecule has 0 saturated heterocycles. The number of hydrogen-bond acceptors (Lipinski definition) is 6. The maximum absolute atomic E-state index is 13.1. The van der Waals surface area contributed by atoms with Crippen molar-refractivity contribution in [3.8, 4) is 17.7 Å². The first kappa shape index (κ1) is 24.5. The van der Waals surface area contributed by atoms with Crippen molar-refractivity contribution in [1.82, 2.24) is 10.3 Å². The predicted octanol–water partition coefficient (Wildman–Crippen LogP) is 5.50. The van der Waals surface area contributed by atoms with Crippen molar-refractivity contribution in [3.05, 3.63) is 88.6 Å². The standard InChI is InChI=1S/C27H27N3O4/c1-17-13-23(25(29-16-17)33-22-8-6-7-19(14-22)15-28)24(31)30-18(2)20-9-11-21(12-10-20)26(32)34-27(3,4)5/h6-14,16,18H,1-5H3,(H,30,31)/t18-/m0/s1. The van der Waals surface area contributed by atoms with E-state index in [4.69, 9.17) is 14.7 Å². The van der Waals surface area contributed by atoms with Crippen LogP contribution in [0, 0.1) is 18.3 Å². The average molecular weight is 458 g/mol. The van der Waals surface area contributed by atoms with Gasteiger partial charge in [0.1, 0.15) is 16.9 Å². The summed E-state index contributed by atoms with van der Waals surface area (Å²) >= 11 is 0. The topological polar surface area (TPSA) is 101 Å². The molecular weight excluding hydrogens is 430 g/mol. The average Bonchev–Trinajstić information content (AvgIpc) is 2.79. The van der Waals surface area contributed by atoms with E-state index in [-0.39, 0.29) is 23.4 Å². The number of nitriles is 1. The van der Waals surface area contributed by atoms with Gasteiger partial charge in [0.2, 0.25) is 5.88 Å². The minimum Gasteiger partial charge on any atom is -0.456 e. The summed E-state index contributed by atoms with van der Waals surface area (Å²) in [4.78, 5) is 29.6. The fourth-order valence-corrected chi connectivity index (χ4v) is 3.14. The van der Waals surface area contributed by atoms with Crippen molar-refractivity contribution in [2.75, 3.05) is 0 Å². The van der Waals surface area contributed by atoms with Crippen molar-refractivity contribution >= 4 is 11.9 Å². The quantitative estimate of drug-likeness (QED) is 0.491. The number of nitrogens with one attached hydrogen (secondary N) is 1. The van der Waals surface area contributed by atoms with Crippen molar-refractivity contribution in [1.29, 1.82) is 5.26 Å². The van der Waals surface area contributed by atoms with Gasteiger partial charge in [-0.2, -0.15) is 5.26 Å². The van der Waals surface area contributed by atoms with E-state index < -0.39 is 11.6 Å². The second-order valence-corrected chi connectivity index (χ2v) is 8.93. The zero-order chi connectivity index (χ0) is 24.9. The summed E-state index contributed by atoms with van der Waals surface area (Å²) in [5, 5.41) is 12.0. The lowest BCUT2D eigenvalue weighted by Gasteiger charge is -2.20. The molecule has 0 spiro atoms. The lowest BCUT2D eigenvalue weighted by atomic mass is 10.1. The van der Waals surface area contributed by atoms with Crippen LogP contribution in [0.5, 0.6) is 11.6 Å². The van der Waals surface area contributed by atoms with Crippen LogP contribution in [0.4, 0.5) is 0 Å². The van der Waals surface area contributed by atoms with E-state index in [1.54, 1.807) is 60.8 Å². The van der Waals surface area contributed by atoms with Crippen LogP contribution in [0.25, 0.3) is 0 Å². The van der Waals surface area contributed by atoms with E-state index in [0.29, 0.717) is 16.9 Å². The van der Waals surface area contributed by atoms with Gasteiger partial charge in [-0.1, -0.05) is 18.2 Å². The highest BCUT2D eigenvalue weighted by Gasteiger charge is 2.20. The molecular formula is C27H27N3O4. The molecule has 0 fully saturated rings.